The van der Waals surface area contributed by atoms with Gasteiger partial charge in [0.05, 0.1) is 5.69 Å². The molecule has 2 rings (SSSR count). The maximum Gasteiger partial charge on any atom is 0.355 e. The van der Waals surface area contributed by atoms with Gasteiger partial charge in [-0.1, -0.05) is 18.2 Å². The number of hydrogen-bond donors (Lipinski definition) is 1. The first-order valence-electron chi connectivity index (χ1n) is 5.40. The van der Waals surface area contributed by atoms with Gasteiger partial charge in [0.1, 0.15) is 18.1 Å². The van der Waals surface area contributed by atoms with E-state index in [0.29, 0.717) is 16.9 Å². The number of nitrogens with zero attached hydrogens (tertiary/aromatic N) is 1. The summed E-state index contributed by atoms with van der Waals surface area (Å²) in [4.78, 5) is 11.7. The van der Waals surface area contributed by atoms with Crippen molar-refractivity contribution in [3.8, 4) is 0 Å². The molecule has 18 heavy (non-hydrogen) atoms. The standard InChI is InChI=1S/C13H13FN2O2/c1-16-7-10(15)6-12(16)13(17)18-8-9-4-2-3-5-11(9)14/h2-7H,8,15H2,1H3. The van der Waals surface area contributed by atoms with Crippen LogP contribution >= 0.6 is 0 Å². The maximum absolute atomic E-state index is 13.3. The number of rotatable bonds is 3. The number of hydrogen-bond acceptors (Lipinski definition) is 3. The molecular weight excluding hydrogens is 235 g/mol. The Morgan fingerprint density at radius 1 is 1.44 bits per heavy atom. The third-order valence-corrected chi connectivity index (χ3v) is 2.55. The van der Waals surface area contributed by atoms with Crippen molar-refractivity contribution in [2.45, 2.75) is 6.61 Å². The molecule has 0 radical (unpaired) electrons. The molecule has 0 aliphatic heterocycles. The fourth-order valence-electron chi connectivity index (χ4n) is 1.63. The Hall–Kier alpha value is -2.30. The van der Waals surface area contributed by atoms with Crippen LogP contribution in [0.5, 0.6) is 0 Å². The zero-order valence-corrected chi connectivity index (χ0v) is 9.89. The van der Waals surface area contributed by atoms with Crippen molar-refractivity contribution in [3.05, 3.63) is 53.6 Å². The minimum absolute atomic E-state index is 0.101. The van der Waals surface area contributed by atoms with Crippen molar-refractivity contribution in [1.29, 1.82) is 0 Å². The van der Waals surface area contributed by atoms with Gasteiger partial charge < -0.3 is 15.0 Å². The van der Waals surface area contributed by atoms with E-state index in [1.165, 1.54) is 12.1 Å². The van der Waals surface area contributed by atoms with Crippen molar-refractivity contribution >= 4 is 11.7 Å². The van der Waals surface area contributed by atoms with Crippen molar-refractivity contribution < 1.29 is 13.9 Å². The average molecular weight is 248 g/mol. The van der Waals surface area contributed by atoms with Crippen LogP contribution in [0.15, 0.2) is 36.5 Å². The number of esters is 1. The van der Waals surface area contributed by atoms with Gasteiger partial charge in [-0.25, -0.2) is 9.18 Å². The number of nitrogens with two attached hydrogens (primary N) is 1. The summed E-state index contributed by atoms with van der Waals surface area (Å²) >= 11 is 0. The number of carbonyl (C=O) groups is 1. The molecule has 0 aliphatic carbocycles. The second kappa shape index (κ2) is 4.91. The highest BCUT2D eigenvalue weighted by Crippen LogP contribution is 2.12. The van der Waals surface area contributed by atoms with Crippen molar-refractivity contribution in [1.82, 2.24) is 4.57 Å². The SMILES string of the molecule is Cn1cc(N)cc1C(=O)OCc1ccccc1F. The molecule has 0 bridgehead atoms. The number of benzene rings is 1. The molecule has 0 spiro atoms. The minimum atomic E-state index is -0.530. The highest BCUT2D eigenvalue weighted by atomic mass is 19.1. The topological polar surface area (TPSA) is 57.2 Å². The number of nitrogen functional groups attached to an aromatic ring is 1. The lowest BCUT2D eigenvalue weighted by atomic mass is 10.2. The van der Waals surface area contributed by atoms with Gasteiger partial charge in [0.15, 0.2) is 0 Å². The molecule has 1 aromatic carbocycles. The molecule has 0 atom stereocenters. The molecular formula is C13H13FN2O2. The second-order valence-electron chi connectivity index (χ2n) is 3.94. The van der Waals surface area contributed by atoms with Gasteiger partial charge in [-0.3, -0.25) is 0 Å². The van der Waals surface area contributed by atoms with Gasteiger partial charge in [0.2, 0.25) is 0 Å². The van der Waals surface area contributed by atoms with E-state index >= 15 is 0 Å². The number of carbonyl (C=O) groups excluding carboxylic acids is 1. The predicted octanol–water partition coefficient (Wildman–Crippen LogP) is 2.10. The number of halogens is 1. The van der Waals surface area contributed by atoms with E-state index in [1.54, 1.807) is 36.0 Å². The molecule has 94 valence electrons. The highest BCUT2D eigenvalue weighted by Gasteiger charge is 2.13. The summed E-state index contributed by atoms with van der Waals surface area (Å²) in [6, 6.07) is 7.68. The molecule has 0 aliphatic rings. The largest absolute Gasteiger partial charge is 0.456 e. The van der Waals surface area contributed by atoms with Crippen molar-refractivity contribution in [2.75, 3.05) is 5.73 Å². The monoisotopic (exact) mass is 248 g/mol. The van der Waals surface area contributed by atoms with Gasteiger partial charge in [-0.05, 0) is 12.1 Å². The van der Waals surface area contributed by atoms with Gasteiger partial charge >= 0.3 is 5.97 Å². The quantitative estimate of drug-likeness (QED) is 0.846. The molecule has 2 N–H and O–H groups in total. The van der Waals surface area contributed by atoms with E-state index in [9.17, 15) is 9.18 Å². The fraction of sp³-hybridized carbons (Fsp3) is 0.154. The van der Waals surface area contributed by atoms with Crippen LogP contribution in [0.2, 0.25) is 0 Å². The van der Waals surface area contributed by atoms with Crippen LogP contribution in [0.25, 0.3) is 0 Å². The zero-order valence-electron chi connectivity index (χ0n) is 9.89. The molecule has 0 fully saturated rings. The van der Waals surface area contributed by atoms with Crippen LogP contribution in [0.3, 0.4) is 0 Å². The van der Waals surface area contributed by atoms with Crippen molar-refractivity contribution in [3.63, 3.8) is 0 Å². The zero-order chi connectivity index (χ0) is 13.1. The molecule has 1 aromatic heterocycles. The lowest BCUT2D eigenvalue weighted by Crippen LogP contribution is -2.10. The predicted molar refractivity (Wildman–Crippen MR) is 65.3 cm³/mol. The van der Waals surface area contributed by atoms with E-state index in [1.807, 2.05) is 0 Å². The smallest absolute Gasteiger partial charge is 0.355 e. The number of aryl methyl sites for hydroxylation is 1. The molecule has 0 amide bonds. The normalized spacial score (nSPS) is 10.3. The summed E-state index contributed by atoms with van der Waals surface area (Å²) in [6.07, 6.45) is 1.61. The number of aromatic nitrogens is 1. The fourth-order valence-corrected chi connectivity index (χ4v) is 1.63. The summed E-state index contributed by atoms with van der Waals surface area (Å²) in [5.74, 6) is -0.922. The highest BCUT2D eigenvalue weighted by molar-refractivity contribution is 5.89. The summed E-state index contributed by atoms with van der Waals surface area (Å²) in [5.41, 5.74) is 6.72. The van der Waals surface area contributed by atoms with Gasteiger partial charge in [-0.2, -0.15) is 0 Å². The van der Waals surface area contributed by atoms with Crippen LogP contribution in [0, 0.1) is 5.82 Å². The Labute approximate surface area is 104 Å². The third kappa shape index (κ3) is 2.51. The number of anilines is 1. The summed E-state index contributed by atoms with van der Waals surface area (Å²) in [6.45, 7) is -0.101. The summed E-state index contributed by atoms with van der Waals surface area (Å²) in [7, 11) is 1.69. The minimum Gasteiger partial charge on any atom is -0.456 e. The Kier molecular flexibility index (Phi) is 3.32. The van der Waals surface area contributed by atoms with E-state index in [-0.39, 0.29) is 6.61 Å². The summed E-state index contributed by atoms with van der Waals surface area (Å²) in [5, 5.41) is 0. The summed E-state index contributed by atoms with van der Waals surface area (Å²) < 4.78 is 19.9. The van der Waals surface area contributed by atoms with E-state index in [0.717, 1.165) is 0 Å². The Morgan fingerprint density at radius 3 is 2.78 bits per heavy atom. The first-order valence-corrected chi connectivity index (χ1v) is 5.40. The Morgan fingerprint density at radius 2 is 2.17 bits per heavy atom. The molecule has 5 heteroatoms. The van der Waals surface area contributed by atoms with Crippen LogP contribution < -0.4 is 5.73 Å². The third-order valence-electron chi connectivity index (χ3n) is 2.55. The molecule has 0 saturated heterocycles. The second-order valence-corrected chi connectivity index (χ2v) is 3.94. The molecule has 1 heterocycles. The van der Waals surface area contributed by atoms with Crippen LogP contribution in [0.4, 0.5) is 10.1 Å². The first kappa shape index (κ1) is 12.2. The van der Waals surface area contributed by atoms with Crippen LogP contribution in [0.1, 0.15) is 16.1 Å². The van der Waals surface area contributed by atoms with E-state index in [4.69, 9.17) is 10.5 Å². The first-order chi connectivity index (χ1) is 8.58. The van der Waals surface area contributed by atoms with E-state index in [2.05, 4.69) is 0 Å². The van der Waals surface area contributed by atoms with Gasteiger partial charge in [-0.15, -0.1) is 0 Å². The Balaban J connectivity index is 2.05. The van der Waals surface area contributed by atoms with E-state index < -0.39 is 11.8 Å². The maximum atomic E-state index is 13.3. The molecule has 0 unspecified atom stereocenters. The molecule has 2 aromatic rings. The molecule has 4 nitrogen and oxygen atoms in total. The lowest BCUT2D eigenvalue weighted by Gasteiger charge is -2.06. The van der Waals surface area contributed by atoms with Gasteiger partial charge in [0, 0.05) is 18.8 Å². The number of ether oxygens (including phenoxy) is 1. The lowest BCUT2D eigenvalue weighted by molar-refractivity contribution is 0.0458. The Bertz CT molecular complexity index is 578. The van der Waals surface area contributed by atoms with Crippen LogP contribution in [-0.4, -0.2) is 10.5 Å². The van der Waals surface area contributed by atoms with Crippen LogP contribution in [-0.2, 0) is 18.4 Å². The van der Waals surface area contributed by atoms with Crippen molar-refractivity contribution in [2.24, 2.45) is 7.05 Å². The molecule has 0 saturated carbocycles. The average Bonchev–Trinajstić information content (AvgIpc) is 2.67. The van der Waals surface area contributed by atoms with Gasteiger partial charge in [0.25, 0.3) is 0 Å².